The van der Waals surface area contributed by atoms with Crippen LogP contribution in [0, 0.1) is 0 Å². The van der Waals surface area contributed by atoms with E-state index in [2.05, 4.69) is 47.4 Å². The van der Waals surface area contributed by atoms with Gasteiger partial charge in [-0.1, -0.05) is 19.8 Å². The maximum atomic E-state index is 4.46. The second-order valence-corrected chi connectivity index (χ2v) is 4.86. The molecule has 0 spiro atoms. The molecule has 0 aromatic carbocycles. The Balaban J connectivity index is 1.75. The Morgan fingerprint density at radius 3 is 3.00 bits per heavy atom. The topological polar surface area (TPSA) is 108 Å². The number of H-pyrrole nitrogens is 2. The number of hydrogen-bond acceptors (Lipinski definition) is 6. The molecule has 0 saturated carbocycles. The number of anilines is 1. The third kappa shape index (κ3) is 3.11. The molecule has 3 aromatic rings. The number of rotatable bonds is 7. The Morgan fingerprint density at radius 1 is 1.23 bits per heavy atom. The lowest BCUT2D eigenvalue weighted by molar-refractivity contribution is 0.743. The van der Waals surface area contributed by atoms with E-state index in [0.29, 0.717) is 17.3 Å². The van der Waals surface area contributed by atoms with Gasteiger partial charge >= 0.3 is 0 Å². The zero-order chi connectivity index (χ0) is 15.2. The summed E-state index contributed by atoms with van der Waals surface area (Å²) < 4.78 is 0. The van der Waals surface area contributed by atoms with Crippen LogP contribution in [-0.2, 0) is 0 Å². The van der Waals surface area contributed by atoms with Crippen LogP contribution < -0.4 is 5.32 Å². The van der Waals surface area contributed by atoms with Crippen molar-refractivity contribution in [1.29, 1.82) is 0 Å². The number of aromatic amines is 2. The molecule has 3 aromatic heterocycles. The van der Waals surface area contributed by atoms with Gasteiger partial charge in [0.2, 0.25) is 0 Å². The van der Waals surface area contributed by atoms with Gasteiger partial charge in [0, 0.05) is 12.7 Å². The van der Waals surface area contributed by atoms with Gasteiger partial charge in [-0.05, 0) is 12.5 Å². The smallest absolute Gasteiger partial charge is 0.200 e. The van der Waals surface area contributed by atoms with Gasteiger partial charge < -0.3 is 10.3 Å². The summed E-state index contributed by atoms with van der Waals surface area (Å²) in [5.74, 6) is 1.94. The van der Waals surface area contributed by atoms with Crippen molar-refractivity contribution in [2.75, 3.05) is 11.9 Å². The Morgan fingerprint density at radius 2 is 2.18 bits per heavy atom. The second-order valence-electron chi connectivity index (χ2n) is 4.86. The number of unbranched alkanes of at least 4 members (excludes halogenated alkanes) is 2. The van der Waals surface area contributed by atoms with Crippen molar-refractivity contribution in [2.24, 2.45) is 0 Å². The average molecular weight is 298 g/mol. The van der Waals surface area contributed by atoms with Gasteiger partial charge in [0.25, 0.3) is 0 Å². The number of aromatic nitrogens is 7. The van der Waals surface area contributed by atoms with Crippen LogP contribution >= 0.6 is 0 Å². The summed E-state index contributed by atoms with van der Waals surface area (Å²) in [7, 11) is 0. The van der Waals surface area contributed by atoms with Gasteiger partial charge in [-0.25, -0.2) is 19.9 Å². The molecule has 0 bridgehead atoms. The largest absolute Gasteiger partial charge is 0.368 e. The molecule has 3 heterocycles. The van der Waals surface area contributed by atoms with Gasteiger partial charge in [-0.3, -0.25) is 5.10 Å². The maximum absolute atomic E-state index is 4.46. The molecule has 0 aliphatic heterocycles. The maximum Gasteiger partial charge on any atom is 0.200 e. The minimum Gasteiger partial charge on any atom is -0.368 e. The van der Waals surface area contributed by atoms with Crippen LogP contribution in [0.4, 0.5) is 5.82 Å². The van der Waals surface area contributed by atoms with Crippen LogP contribution in [0.25, 0.3) is 23.0 Å². The molecule has 0 fully saturated rings. The van der Waals surface area contributed by atoms with Gasteiger partial charge in [0.1, 0.15) is 17.7 Å². The zero-order valence-corrected chi connectivity index (χ0v) is 12.4. The van der Waals surface area contributed by atoms with Crippen molar-refractivity contribution in [1.82, 2.24) is 35.1 Å². The molecule has 0 radical (unpaired) electrons. The van der Waals surface area contributed by atoms with Crippen molar-refractivity contribution in [3.8, 4) is 23.0 Å². The Labute approximate surface area is 127 Å². The number of hydrogen-bond donors (Lipinski definition) is 3. The summed E-state index contributed by atoms with van der Waals surface area (Å²) in [6.45, 7) is 3.07. The third-order valence-corrected chi connectivity index (χ3v) is 3.25. The van der Waals surface area contributed by atoms with Crippen LogP contribution in [0.5, 0.6) is 0 Å². The summed E-state index contributed by atoms with van der Waals surface area (Å²) in [6, 6.07) is 1.77. The predicted molar refractivity (Wildman–Crippen MR) is 83.0 cm³/mol. The van der Waals surface area contributed by atoms with Crippen molar-refractivity contribution in [3.05, 3.63) is 24.9 Å². The van der Waals surface area contributed by atoms with Crippen molar-refractivity contribution >= 4 is 5.82 Å². The summed E-state index contributed by atoms with van der Waals surface area (Å²) in [5.41, 5.74) is 1.47. The van der Waals surface area contributed by atoms with Crippen molar-refractivity contribution in [3.63, 3.8) is 0 Å². The lowest BCUT2D eigenvalue weighted by atomic mass is 10.2. The van der Waals surface area contributed by atoms with Crippen LogP contribution in [0.3, 0.4) is 0 Å². The van der Waals surface area contributed by atoms with Gasteiger partial charge in [0.15, 0.2) is 17.5 Å². The molecule has 3 rings (SSSR count). The predicted octanol–water partition coefficient (Wildman–Crippen LogP) is 2.25. The second kappa shape index (κ2) is 6.79. The SMILES string of the molecule is CCCCCNc1nc[nH]c1-c1nc(-c2ccncn2)n[nH]1. The first kappa shape index (κ1) is 14.2. The minimum atomic E-state index is 0.531. The summed E-state index contributed by atoms with van der Waals surface area (Å²) in [6.07, 6.45) is 8.29. The zero-order valence-electron chi connectivity index (χ0n) is 12.4. The van der Waals surface area contributed by atoms with Crippen molar-refractivity contribution in [2.45, 2.75) is 26.2 Å². The molecule has 114 valence electrons. The Bertz CT molecular complexity index is 702. The monoisotopic (exact) mass is 298 g/mol. The van der Waals surface area contributed by atoms with E-state index in [9.17, 15) is 0 Å². The highest BCUT2D eigenvalue weighted by Crippen LogP contribution is 2.22. The summed E-state index contributed by atoms with van der Waals surface area (Å²) in [4.78, 5) is 19.9. The summed E-state index contributed by atoms with van der Waals surface area (Å²) >= 11 is 0. The van der Waals surface area contributed by atoms with Crippen LogP contribution in [-0.4, -0.2) is 41.7 Å². The number of nitrogens with one attached hydrogen (secondary N) is 3. The molecular weight excluding hydrogens is 280 g/mol. The lowest BCUT2D eigenvalue weighted by Gasteiger charge is -2.03. The van der Waals surface area contributed by atoms with E-state index in [1.54, 1.807) is 18.6 Å². The quantitative estimate of drug-likeness (QED) is 0.577. The van der Waals surface area contributed by atoms with Gasteiger partial charge in [0.05, 0.1) is 6.33 Å². The minimum absolute atomic E-state index is 0.531. The van der Waals surface area contributed by atoms with Gasteiger partial charge in [-0.2, -0.15) is 5.10 Å². The number of imidazole rings is 1. The standard InChI is InChI=1S/C14H18N8/c1-2-3-4-6-16-13-11(18-9-19-13)14-20-12(21-22-14)10-5-7-15-8-17-10/h5,7-9,16H,2-4,6H2,1H3,(H,18,19)(H,20,21,22). The summed E-state index contributed by atoms with van der Waals surface area (Å²) in [5, 5.41) is 10.4. The molecule has 0 amide bonds. The first-order valence-corrected chi connectivity index (χ1v) is 7.35. The normalized spacial score (nSPS) is 10.8. The van der Waals surface area contributed by atoms with Gasteiger partial charge in [-0.15, -0.1) is 0 Å². The molecule has 8 heteroatoms. The molecule has 0 saturated heterocycles. The molecule has 0 aliphatic rings. The highest BCUT2D eigenvalue weighted by Gasteiger charge is 2.14. The molecule has 3 N–H and O–H groups in total. The van der Waals surface area contributed by atoms with E-state index in [4.69, 9.17) is 0 Å². The van der Waals surface area contributed by atoms with Crippen LogP contribution in [0.15, 0.2) is 24.9 Å². The average Bonchev–Trinajstić information content (AvgIpc) is 3.21. The van der Waals surface area contributed by atoms with E-state index >= 15 is 0 Å². The van der Waals surface area contributed by atoms with E-state index in [1.165, 1.54) is 19.2 Å². The third-order valence-electron chi connectivity index (χ3n) is 3.25. The fourth-order valence-electron chi connectivity index (χ4n) is 2.10. The van der Waals surface area contributed by atoms with E-state index < -0.39 is 0 Å². The fraction of sp³-hybridized carbons (Fsp3) is 0.357. The molecule has 0 aliphatic carbocycles. The highest BCUT2D eigenvalue weighted by molar-refractivity contribution is 5.67. The van der Waals surface area contributed by atoms with E-state index in [-0.39, 0.29) is 0 Å². The molecule has 8 nitrogen and oxygen atoms in total. The van der Waals surface area contributed by atoms with Crippen molar-refractivity contribution < 1.29 is 0 Å². The van der Waals surface area contributed by atoms with E-state index in [1.807, 2.05) is 0 Å². The number of nitrogens with zero attached hydrogens (tertiary/aromatic N) is 5. The molecular formula is C14H18N8. The lowest BCUT2D eigenvalue weighted by Crippen LogP contribution is -2.03. The Hall–Kier alpha value is -2.77. The molecule has 22 heavy (non-hydrogen) atoms. The van der Waals surface area contributed by atoms with Crippen LogP contribution in [0.2, 0.25) is 0 Å². The molecule has 0 unspecified atom stereocenters. The van der Waals surface area contributed by atoms with E-state index in [0.717, 1.165) is 24.5 Å². The highest BCUT2D eigenvalue weighted by atomic mass is 15.2. The molecule has 0 atom stereocenters. The first-order chi connectivity index (χ1) is 10.9. The Kier molecular flexibility index (Phi) is 4.38. The first-order valence-electron chi connectivity index (χ1n) is 7.35. The fourth-order valence-corrected chi connectivity index (χ4v) is 2.10. The van der Waals surface area contributed by atoms with Crippen LogP contribution in [0.1, 0.15) is 26.2 Å².